The molecule has 18 heavy (non-hydrogen) atoms. The summed E-state index contributed by atoms with van der Waals surface area (Å²) in [5, 5.41) is 0. The van der Waals surface area contributed by atoms with Crippen LogP contribution < -0.4 is 10.5 Å². The van der Waals surface area contributed by atoms with Crippen LogP contribution in [-0.4, -0.2) is 0 Å². The molecule has 0 radical (unpaired) electrons. The molecule has 0 saturated carbocycles. The van der Waals surface area contributed by atoms with Crippen molar-refractivity contribution < 1.29 is 9.13 Å². The Hall–Kier alpha value is -2.03. The highest BCUT2D eigenvalue weighted by molar-refractivity contribution is 5.46. The molecule has 3 heteroatoms. The van der Waals surface area contributed by atoms with E-state index in [2.05, 4.69) is 6.07 Å². The molecule has 2 rings (SSSR count). The van der Waals surface area contributed by atoms with Crippen LogP contribution in [0.4, 0.5) is 10.1 Å². The first-order valence-electron chi connectivity index (χ1n) is 5.79. The highest BCUT2D eigenvalue weighted by Gasteiger charge is 2.03. The fraction of sp³-hybridized carbons (Fsp3) is 0.200. The molecule has 0 aliphatic heterocycles. The Balaban J connectivity index is 2.11. The molecule has 0 aliphatic rings. The van der Waals surface area contributed by atoms with Gasteiger partial charge in [0.15, 0.2) is 0 Å². The predicted molar refractivity (Wildman–Crippen MR) is 71.1 cm³/mol. The minimum Gasteiger partial charge on any atom is -0.489 e. The average Bonchev–Trinajstić information content (AvgIpc) is 2.26. The topological polar surface area (TPSA) is 35.2 Å². The van der Waals surface area contributed by atoms with Crippen LogP contribution in [0.15, 0.2) is 36.4 Å². The summed E-state index contributed by atoms with van der Waals surface area (Å²) < 4.78 is 18.6. The van der Waals surface area contributed by atoms with E-state index in [0.29, 0.717) is 12.3 Å². The van der Waals surface area contributed by atoms with Gasteiger partial charge in [0.05, 0.1) is 0 Å². The van der Waals surface area contributed by atoms with Crippen molar-refractivity contribution in [2.24, 2.45) is 0 Å². The third-order valence-electron chi connectivity index (χ3n) is 2.70. The van der Waals surface area contributed by atoms with Gasteiger partial charge >= 0.3 is 0 Å². The van der Waals surface area contributed by atoms with Gasteiger partial charge in [-0.05, 0) is 49.2 Å². The van der Waals surface area contributed by atoms with Gasteiger partial charge in [0, 0.05) is 11.3 Å². The highest BCUT2D eigenvalue weighted by atomic mass is 19.1. The normalized spacial score (nSPS) is 10.4. The van der Waals surface area contributed by atoms with Crippen molar-refractivity contribution in [1.82, 2.24) is 0 Å². The van der Waals surface area contributed by atoms with Crippen LogP contribution in [0.5, 0.6) is 5.75 Å². The van der Waals surface area contributed by atoms with Crippen LogP contribution in [0.1, 0.15) is 16.7 Å². The number of hydrogen-bond donors (Lipinski definition) is 1. The Kier molecular flexibility index (Phi) is 3.51. The third kappa shape index (κ3) is 3.00. The lowest BCUT2D eigenvalue weighted by atomic mass is 10.1. The first-order chi connectivity index (χ1) is 8.54. The van der Waals surface area contributed by atoms with Crippen molar-refractivity contribution in [3.63, 3.8) is 0 Å². The second-order valence-corrected chi connectivity index (χ2v) is 4.46. The van der Waals surface area contributed by atoms with Gasteiger partial charge < -0.3 is 10.5 Å². The maximum absolute atomic E-state index is 12.9. The quantitative estimate of drug-likeness (QED) is 0.838. The van der Waals surface area contributed by atoms with E-state index in [1.807, 2.05) is 26.0 Å². The molecule has 0 atom stereocenters. The van der Waals surface area contributed by atoms with Gasteiger partial charge in [0.2, 0.25) is 0 Å². The molecule has 0 fully saturated rings. The van der Waals surface area contributed by atoms with Crippen molar-refractivity contribution in [2.75, 3.05) is 5.73 Å². The minimum atomic E-state index is -0.331. The summed E-state index contributed by atoms with van der Waals surface area (Å²) in [6.45, 7) is 4.38. The molecule has 0 bridgehead atoms. The Morgan fingerprint density at radius 3 is 2.33 bits per heavy atom. The lowest BCUT2D eigenvalue weighted by Crippen LogP contribution is -2.01. The van der Waals surface area contributed by atoms with Gasteiger partial charge in [-0.1, -0.05) is 12.1 Å². The van der Waals surface area contributed by atoms with E-state index in [1.54, 1.807) is 6.07 Å². The number of aryl methyl sites for hydroxylation is 2. The Morgan fingerprint density at radius 1 is 1.06 bits per heavy atom. The van der Waals surface area contributed by atoms with Gasteiger partial charge in [-0.15, -0.1) is 0 Å². The lowest BCUT2D eigenvalue weighted by molar-refractivity contribution is 0.306. The second-order valence-electron chi connectivity index (χ2n) is 4.46. The summed E-state index contributed by atoms with van der Waals surface area (Å²) >= 11 is 0. The van der Waals surface area contributed by atoms with Crippen LogP contribution in [-0.2, 0) is 6.61 Å². The summed E-state index contributed by atoms with van der Waals surface area (Å²) in [7, 11) is 0. The molecule has 2 N–H and O–H groups in total. The van der Waals surface area contributed by atoms with Crippen LogP contribution in [0.25, 0.3) is 0 Å². The molecular formula is C15H16FNO. The second kappa shape index (κ2) is 5.08. The van der Waals surface area contributed by atoms with Crippen molar-refractivity contribution in [3.8, 4) is 5.75 Å². The van der Waals surface area contributed by atoms with Gasteiger partial charge in [0.1, 0.15) is 18.2 Å². The summed E-state index contributed by atoms with van der Waals surface area (Å²) in [6, 6.07) is 10.3. The molecule has 2 aromatic carbocycles. The number of anilines is 1. The van der Waals surface area contributed by atoms with Crippen molar-refractivity contribution in [2.45, 2.75) is 20.5 Å². The maximum atomic E-state index is 12.9. The fourth-order valence-electron chi connectivity index (χ4n) is 1.87. The summed E-state index contributed by atoms with van der Waals surface area (Å²) in [6.07, 6.45) is 0. The van der Waals surface area contributed by atoms with E-state index in [-0.39, 0.29) is 5.82 Å². The molecule has 0 spiro atoms. The summed E-state index contributed by atoms with van der Waals surface area (Å²) in [5.41, 5.74) is 9.23. The Labute approximate surface area is 106 Å². The smallest absolute Gasteiger partial charge is 0.125 e. The van der Waals surface area contributed by atoms with E-state index in [0.717, 1.165) is 22.4 Å². The van der Waals surface area contributed by atoms with Gasteiger partial charge in [0.25, 0.3) is 0 Å². The van der Waals surface area contributed by atoms with Crippen LogP contribution >= 0.6 is 0 Å². The van der Waals surface area contributed by atoms with Crippen LogP contribution in [0.3, 0.4) is 0 Å². The summed E-state index contributed by atoms with van der Waals surface area (Å²) in [4.78, 5) is 0. The molecule has 2 aromatic rings. The van der Waals surface area contributed by atoms with Crippen molar-refractivity contribution in [3.05, 3.63) is 58.9 Å². The largest absolute Gasteiger partial charge is 0.489 e. The van der Waals surface area contributed by atoms with E-state index in [4.69, 9.17) is 10.5 Å². The zero-order valence-corrected chi connectivity index (χ0v) is 10.5. The molecule has 0 amide bonds. The Morgan fingerprint density at radius 2 is 1.72 bits per heavy atom. The molecule has 0 saturated heterocycles. The number of hydrogen-bond acceptors (Lipinski definition) is 2. The van der Waals surface area contributed by atoms with Crippen LogP contribution in [0, 0.1) is 19.7 Å². The zero-order valence-electron chi connectivity index (χ0n) is 10.5. The first kappa shape index (κ1) is 12.4. The number of halogens is 1. The van der Waals surface area contributed by atoms with E-state index >= 15 is 0 Å². The number of ether oxygens (including phenoxy) is 1. The van der Waals surface area contributed by atoms with Gasteiger partial charge in [-0.2, -0.15) is 0 Å². The number of nitrogen functional groups attached to an aromatic ring is 1. The zero-order chi connectivity index (χ0) is 13.1. The van der Waals surface area contributed by atoms with E-state index in [1.165, 1.54) is 12.1 Å². The van der Waals surface area contributed by atoms with Crippen molar-refractivity contribution >= 4 is 5.69 Å². The number of nitrogens with two attached hydrogens (primary N) is 1. The van der Waals surface area contributed by atoms with E-state index in [9.17, 15) is 4.39 Å². The molecule has 0 aromatic heterocycles. The molecular weight excluding hydrogens is 229 g/mol. The van der Waals surface area contributed by atoms with Crippen LogP contribution in [0.2, 0.25) is 0 Å². The van der Waals surface area contributed by atoms with E-state index < -0.39 is 0 Å². The van der Waals surface area contributed by atoms with Crippen molar-refractivity contribution in [1.29, 1.82) is 0 Å². The minimum absolute atomic E-state index is 0.331. The molecule has 2 nitrogen and oxygen atoms in total. The molecule has 94 valence electrons. The monoisotopic (exact) mass is 245 g/mol. The highest BCUT2D eigenvalue weighted by Crippen LogP contribution is 2.20. The first-order valence-corrected chi connectivity index (χ1v) is 5.79. The number of rotatable bonds is 3. The summed E-state index contributed by atoms with van der Waals surface area (Å²) in [5.74, 6) is 0.471. The maximum Gasteiger partial charge on any atom is 0.125 e. The Bertz CT molecular complexity index is 546. The standard InChI is InChI=1S/C15H16FNO/c1-10-5-11(2)7-14(6-10)18-9-12-3-4-13(16)8-15(12)17/h3-8H,9,17H2,1-2H3. The predicted octanol–water partition coefficient (Wildman–Crippen LogP) is 3.60. The molecule has 0 aliphatic carbocycles. The SMILES string of the molecule is Cc1cc(C)cc(OCc2ccc(F)cc2N)c1. The molecule has 0 unspecified atom stereocenters. The fourth-order valence-corrected chi connectivity index (χ4v) is 1.87. The third-order valence-corrected chi connectivity index (χ3v) is 2.70. The van der Waals surface area contributed by atoms with Gasteiger partial charge in [-0.25, -0.2) is 4.39 Å². The molecule has 0 heterocycles. The lowest BCUT2D eigenvalue weighted by Gasteiger charge is -2.10. The number of benzene rings is 2. The van der Waals surface area contributed by atoms with Gasteiger partial charge in [-0.3, -0.25) is 0 Å². The average molecular weight is 245 g/mol.